The van der Waals surface area contributed by atoms with E-state index in [2.05, 4.69) is 6.07 Å². The van der Waals surface area contributed by atoms with Gasteiger partial charge in [0.15, 0.2) is 0 Å². The summed E-state index contributed by atoms with van der Waals surface area (Å²) in [7, 11) is 0. The molecule has 1 aromatic rings. The van der Waals surface area contributed by atoms with Gasteiger partial charge in [-0.15, -0.1) is 0 Å². The summed E-state index contributed by atoms with van der Waals surface area (Å²) in [6.45, 7) is 1.83. The first-order valence-electron chi connectivity index (χ1n) is 7.35. The summed E-state index contributed by atoms with van der Waals surface area (Å²) in [5, 5.41) is 10.1. The van der Waals surface area contributed by atoms with Crippen molar-refractivity contribution in [1.29, 1.82) is 0 Å². The quantitative estimate of drug-likeness (QED) is 0.860. The molecule has 3 N–H and O–H groups in total. The van der Waals surface area contributed by atoms with E-state index in [1.807, 2.05) is 19.1 Å². The van der Waals surface area contributed by atoms with E-state index in [-0.39, 0.29) is 11.6 Å². The fraction of sp³-hybridized carbons (Fsp3) is 0.625. The van der Waals surface area contributed by atoms with E-state index < -0.39 is 6.10 Å². The van der Waals surface area contributed by atoms with Crippen LogP contribution in [0.1, 0.15) is 56.3 Å². The second-order valence-corrected chi connectivity index (χ2v) is 6.19. The van der Waals surface area contributed by atoms with E-state index in [1.54, 1.807) is 0 Å². The highest BCUT2D eigenvalue weighted by Crippen LogP contribution is 2.44. The maximum absolute atomic E-state index is 10.1. The molecule has 1 fully saturated rings. The lowest BCUT2D eigenvalue weighted by atomic mass is 9.81. The maximum Gasteiger partial charge on any atom is 0.123 e. The molecule has 1 spiro atoms. The van der Waals surface area contributed by atoms with Crippen LogP contribution in [0, 0.1) is 0 Å². The second-order valence-electron chi connectivity index (χ2n) is 6.19. The van der Waals surface area contributed by atoms with Crippen LogP contribution in [0.4, 0.5) is 0 Å². The molecule has 0 aromatic heterocycles. The van der Waals surface area contributed by atoms with E-state index in [4.69, 9.17) is 10.5 Å². The van der Waals surface area contributed by atoms with E-state index in [0.29, 0.717) is 0 Å². The van der Waals surface area contributed by atoms with Crippen molar-refractivity contribution in [2.45, 2.75) is 63.2 Å². The molecule has 0 radical (unpaired) electrons. The zero-order valence-corrected chi connectivity index (χ0v) is 11.6. The van der Waals surface area contributed by atoms with Gasteiger partial charge in [0.1, 0.15) is 11.4 Å². The topological polar surface area (TPSA) is 55.5 Å². The summed E-state index contributed by atoms with van der Waals surface area (Å²) in [6, 6.07) is 5.77. The molecule has 0 amide bonds. The third-order valence-electron chi connectivity index (χ3n) is 4.53. The highest BCUT2D eigenvalue weighted by Gasteiger charge is 2.40. The van der Waals surface area contributed by atoms with Crippen molar-refractivity contribution < 1.29 is 9.84 Å². The fourth-order valence-electron chi connectivity index (χ4n) is 3.42. The predicted molar refractivity (Wildman–Crippen MR) is 75.2 cm³/mol. The van der Waals surface area contributed by atoms with E-state index in [1.165, 1.54) is 24.8 Å². The van der Waals surface area contributed by atoms with Gasteiger partial charge in [0, 0.05) is 12.5 Å². The largest absolute Gasteiger partial charge is 0.487 e. The Balaban J connectivity index is 1.83. The molecule has 0 saturated heterocycles. The van der Waals surface area contributed by atoms with Crippen LogP contribution in [0.15, 0.2) is 18.2 Å². The molecule has 0 bridgehead atoms. The average molecular weight is 261 g/mol. The second kappa shape index (κ2) is 4.80. The van der Waals surface area contributed by atoms with Crippen LogP contribution in [-0.4, -0.2) is 16.7 Å². The Kier molecular flexibility index (Phi) is 3.27. The van der Waals surface area contributed by atoms with Crippen molar-refractivity contribution in [3.8, 4) is 5.75 Å². The van der Waals surface area contributed by atoms with Crippen LogP contribution in [0.3, 0.4) is 0 Å². The summed E-state index contributed by atoms with van der Waals surface area (Å²) in [4.78, 5) is 0. The molecule has 1 aliphatic heterocycles. The van der Waals surface area contributed by atoms with Crippen molar-refractivity contribution in [2.75, 3.05) is 0 Å². The van der Waals surface area contributed by atoms with E-state index >= 15 is 0 Å². The number of benzene rings is 1. The lowest BCUT2D eigenvalue weighted by Gasteiger charge is -2.32. The lowest BCUT2D eigenvalue weighted by molar-refractivity contribution is 0.0529. The molecule has 1 saturated carbocycles. The van der Waals surface area contributed by atoms with Gasteiger partial charge in [-0.1, -0.05) is 12.5 Å². The minimum absolute atomic E-state index is 0.0402. The van der Waals surface area contributed by atoms with Gasteiger partial charge in [0.05, 0.1) is 6.10 Å². The number of fused-ring (bicyclic) bond motifs is 1. The summed E-state index contributed by atoms with van der Waals surface area (Å²) in [5.41, 5.74) is 7.95. The van der Waals surface area contributed by atoms with Gasteiger partial charge in [-0.3, -0.25) is 0 Å². The molecule has 3 heteroatoms. The van der Waals surface area contributed by atoms with Gasteiger partial charge in [-0.05, 0) is 55.9 Å². The Hall–Kier alpha value is -1.06. The van der Waals surface area contributed by atoms with Crippen molar-refractivity contribution >= 4 is 0 Å². The Morgan fingerprint density at radius 2 is 2.00 bits per heavy atom. The predicted octanol–water partition coefficient (Wildman–Crippen LogP) is 2.71. The number of nitrogens with two attached hydrogens (primary N) is 1. The van der Waals surface area contributed by atoms with Crippen LogP contribution in [0.2, 0.25) is 0 Å². The normalized spacial score (nSPS) is 23.7. The zero-order chi connectivity index (χ0) is 13.5. The summed E-state index contributed by atoms with van der Waals surface area (Å²) < 4.78 is 6.22. The first-order valence-corrected chi connectivity index (χ1v) is 7.35. The highest BCUT2D eigenvalue weighted by molar-refractivity contribution is 5.43. The minimum atomic E-state index is -0.590. The molecule has 1 aromatic carbocycles. The van der Waals surface area contributed by atoms with Crippen molar-refractivity contribution in [1.82, 2.24) is 0 Å². The lowest BCUT2D eigenvalue weighted by Crippen LogP contribution is -2.36. The Bertz CT molecular complexity index is 464. The molecule has 2 unspecified atom stereocenters. The summed E-state index contributed by atoms with van der Waals surface area (Å²) in [6.07, 6.45) is 6.58. The number of aliphatic hydroxyl groups is 1. The molecule has 3 rings (SSSR count). The molecule has 19 heavy (non-hydrogen) atoms. The monoisotopic (exact) mass is 261 g/mol. The van der Waals surface area contributed by atoms with Crippen LogP contribution in [-0.2, 0) is 6.42 Å². The molecule has 1 aliphatic carbocycles. The number of hydrogen-bond acceptors (Lipinski definition) is 3. The Morgan fingerprint density at radius 3 is 2.68 bits per heavy atom. The standard InChI is InChI=1S/C16H23NO2/c1-11(17)15(18)12-5-6-14-13(9-12)10-16(19-14)7-3-2-4-8-16/h5-6,9,11,15,18H,2-4,7-8,10,17H2,1H3. The van der Waals surface area contributed by atoms with Gasteiger partial charge in [-0.2, -0.15) is 0 Å². The van der Waals surface area contributed by atoms with Crippen molar-refractivity contribution in [2.24, 2.45) is 5.73 Å². The van der Waals surface area contributed by atoms with Crippen LogP contribution < -0.4 is 10.5 Å². The smallest absolute Gasteiger partial charge is 0.123 e. The number of ether oxygens (including phenoxy) is 1. The molecular weight excluding hydrogens is 238 g/mol. The van der Waals surface area contributed by atoms with Gasteiger partial charge in [-0.25, -0.2) is 0 Å². The van der Waals surface area contributed by atoms with Gasteiger partial charge < -0.3 is 15.6 Å². The average Bonchev–Trinajstić information content (AvgIpc) is 2.74. The van der Waals surface area contributed by atoms with E-state index in [9.17, 15) is 5.11 Å². The van der Waals surface area contributed by atoms with Crippen LogP contribution >= 0.6 is 0 Å². The summed E-state index contributed by atoms with van der Waals surface area (Å²) in [5.74, 6) is 1.00. The Morgan fingerprint density at radius 1 is 1.26 bits per heavy atom. The zero-order valence-electron chi connectivity index (χ0n) is 11.6. The first kappa shape index (κ1) is 12.9. The van der Waals surface area contributed by atoms with Crippen molar-refractivity contribution in [3.63, 3.8) is 0 Å². The number of rotatable bonds is 2. The molecule has 3 nitrogen and oxygen atoms in total. The fourth-order valence-corrected chi connectivity index (χ4v) is 3.42. The molecule has 2 aliphatic rings. The molecule has 1 heterocycles. The van der Waals surface area contributed by atoms with Crippen LogP contribution in [0.5, 0.6) is 5.75 Å². The third kappa shape index (κ3) is 2.37. The van der Waals surface area contributed by atoms with Crippen molar-refractivity contribution in [3.05, 3.63) is 29.3 Å². The van der Waals surface area contributed by atoms with Gasteiger partial charge in [0.25, 0.3) is 0 Å². The molecule has 2 atom stereocenters. The first-order chi connectivity index (χ1) is 9.10. The Labute approximate surface area is 114 Å². The SMILES string of the molecule is CC(N)C(O)c1ccc2c(c1)CC1(CCCCC1)O2. The maximum atomic E-state index is 10.1. The minimum Gasteiger partial charge on any atom is -0.487 e. The number of hydrogen-bond donors (Lipinski definition) is 2. The molecular formula is C16H23NO2. The van der Waals surface area contributed by atoms with Gasteiger partial charge in [0.2, 0.25) is 0 Å². The van der Waals surface area contributed by atoms with E-state index in [0.717, 1.165) is 30.6 Å². The highest BCUT2D eigenvalue weighted by atomic mass is 16.5. The van der Waals surface area contributed by atoms with Gasteiger partial charge >= 0.3 is 0 Å². The third-order valence-corrected chi connectivity index (χ3v) is 4.53. The van der Waals surface area contributed by atoms with Crippen LogP contribution in [0.25, 0.3) is 0 Å². The molecule has 104 valence electrons. The summed E-state index contributed by atoms with van der Waals surface area (Å²) >= 11 is 0. The number of aliphatic hydroxyl groups excluding tert-OH is 1.